The number of fused-ring (bicyclic) bond motifs is 1. The molecule has 0 aromatic carbocycles. The van der Waals surface area contributed by atoms with Gasteiger partial charge in [-0.25, -0.2) is 0 Å². The van der Waals surface area contributed by atoms with E-state index < -0.39 is 0 Å². The van der Waals surface area contributed by atoms with E-state index in [1.54, 1.807) is 0 Å². The van der Waals surface area contributed by atoms with Crippen LogP contribution < -0.4 is 5.32 Å². The van der Waals surface area contributed by atoms with Crippen LogP contribution in [0.2, 0.25) is 0 Å². The largest absolute Gasteiger partial charge is 0.339 e. The number of halogens is 1. The van der Waals surface area contributed by atoms with Crippen molar-refractivity contribution in [1.82, 2.24) is 20.4 Å². The maximum absolute atomic E-state index is 5.23. The van der Waals surface area contributed by atoms with Crippen LogP contribution in [0, 0.1) is 5.92 Å². The molecule has 2 atom stereocenters. The first kappa shape index (κ1) is 14.8. The van der Waals surface area contributed by atoms with Crippen LogP contribution in [0.15, 0.2) is 4.52 Å². The van der Waals surface area contributed by atoms with Gasteiger partial charge in [0.25, 0.3) is 0 Å². The van der Waals surface area contributed by atoms with E-state index in [9.17, 15) is 0 Å². The number of aryl methyl sites for hydroxylation is 1. The third-order valence-electron chi connectivity index (χ3n) is 4.08. The molecule has 1 aromatic heterocycles. The van der Waals surface area contributed by atoms with Gasteiger partial charge >= 0.3 is 0 Å². The van der Waals surface area contributed by atoms with E-state index in [0.29, 0.717) is 0 Å². The molecule has 2 aliphatic heterocycles. The average Bonchev–Trinajstić information content (AvgIpc) is 2.98. The van der Waals surface area contributed by atoms with Crippen LogP contribution in [-0.2, 0) is 13.0 Å². The predicted octanol–water partition coefficient (Wildman–Crippen LogP) is 1.63. The van der Waals surface area contributed by atoms with Gasteiger partial charge in [0.2, 0.25) is 5.89 Å². The van der Waals surface area contributed by atoms with Gasteiger partial charge in [-0.1, -0.05) is 12.1 Å². The van der Waals surface area contributed by atoms with Crippen molar-refractivity contribution in [3.63, 3.8) is 0 Å². The van der Waals surface area contributed by atoms with Gasteiger partial charge in [0.15, 0.2) is 5.82 Å². The van der Waals surface area contributed by atoms with Crippen molar-refractivity contribution in [2.45, 2.75) is 45.2 Å². The molecule has 6 heteroatoms. The molecule has 0 saturated carbocycles. The van der Waals surface area contributed by atoms with Crippen molar-refractivity contribution >= 4 is 12.4 Å². The van der Waals surface area contributed by atoms with Crippen LogP contribution in [-0.4, -0.2) is 40.7 Å². The summed E-state index contributed by atoms with van der Waals surface area (Å²) < 4.78 is 5.23. The minimum absolute atomic E-state index is 0. The standard InChI is InChI=1S/C13H22N4O.ClH/c1-2-3-13-15-12(16-18-13)9-17-7-5-11-10(8-17)4-6-14-11;/h10-11,14H,2-9H2,1H3;1H. The Kier molecular flexibility index (Phi) is 5.19. The Bertz CT molecular complexity index is 398. The minimum Gasteiger partial charge on any atom is -0.339 e. The highest BCUT2D eigenvalue weighted by Gasteiger charge is 2.32. The predicted molar refractivity (Wildman–Crippen MR) is 75.3 cm³/mol. The molecule has 108 valence electrons. The van der Waals surface area contributed by atoms with Crippen LogP contribution in [0.5, 0.6) is 0 Å². The molecule has 19 heavy (non-hydrogen) atoms. The van der Waals surface area contributed by atoms with Crippen LogP contribution in [0.3, 0.4) is 0 Å². The highest BCUT2D eigenvalue weighted by Crippen LogP contribution is 2.25. The van der Waals surface area contributed by atoms with E-state index in [0.717, 1.165) is 49.6 Å². The zero-order valence-corrected chi connectivity index (χ0v) is 12.3. The van der Waals surface area contributed by atoms with E-state index in [4.69, 9.17) is 4.52 Å². The molecule has 1 N–H and O–H groups in total. The van der Waals surface area contributed by atoms with Gasteiger partial charge in [-0.2, -0.15) is 4.98 Å². The number of rotatable bonds is 4. The molecular weight excluding hydrogens is 264 g/mol. The molecule has 1 aromatic rings. The normalized spacial score (nSPS) is 27.0. The van der Waals surface area contributed by atoms with E-state index in [1.165, 1.54) is 25.9 Å². The number of hydrogen-bond acceptors (Lipinski definition) is 5. The molecular formula is C13H23ClN4O. The van der Waals surface area contributed by atoms with Crippen molar-refractivity contribution in [3.05, 3.63) is 11.7 Å². The smallest absolute Gasteiger partial charge is 0.226 e. The van der Waals surface area contributed by atoms with Crippen LogP contribution in [0.25, 0.3) is 0 Å². The summed E-state index contributed by atoms with van der Waals surface area (Å²) in [6.07, 6.45) is 4.52. The Morgan fingerprint density at radius 1 is 1.42 bits per heavy atom. The van der Waals surface area contributed by atoms with Crippen LogP contribution >= 0.6 is 12.4 Å². The number of hydrogen-bond donors (Lipinski definition) is 1. The molecule has 2 fully saturated rings. The molecule has 3 heterocycles. The average molecular weight is 287 g/mol. The first-order valence-electron chi connectivity index (χ1n) is 7.12. The monoisotopic (exact) mass is 286 g/mol. The quantitative estimate of drug-likeness (QED) is 0.912. The fraction of sp³-hybridized carbons (Fsp3) is 0.846. The molecule has 2 unspecified atom stereocenters. The van der Waals surface area contributed by atoms with Gasteiger partial charge in [0.05, 0.1) is 6.54 Å². The second kappa shape index (κ2) is 6.68. The third kappa shape index (κ3) is 3.46. The maximum Gasteiger partial charge on any atom is 0.226 e. The highest BCUT2D eigenvalue weighted by molar-refractivity contribution is 5.85. The van der Waals surface area contributed by atoms with E-state index >= 15 is 0 Å². The lowest BCUT2D eigenvalue weighted by atomic mass is 9.93. The number of nitrogens with one attached hydrogen (secondary N) is 1. The summed E-state index contributed by atoms with van der Waals surface area (Å²) in [7, 11) is 0. The Balaban J connectivity index is 0.00000133. The molecule has 0 aliphatic carbocycles. The lowest BCUT2D eigenvalue weighted by molar-refractivity contribution is 0.151. The molecule has 0 amide bonds. The molecule has 5 nitrogen and oxygen atoms in total. The number of nitrogens with zero attached hydrogens (tertiary/aromatic N) is 3. The first-order valence-corrected chi connectivity index (χ1v) is 7.12. The van der Waals surface area contributed by atoms with E-state index in [-0.39, 0.29) is 12.4 Å². The third-order valence-corrected chi connectivity index (χ3v) is 4.08. The van der Waals surface area contributed by atoms with Gasteiger partial charge in [0, 0.05) is 25.6 Å². The Morgan fingerprint density at radius 3 is 3.16 bits per heavy atom. The summed E-state index contributed by atoms with van der Waals surface area (Å²) in [5.41, 5.74) is 0. The Hall–Kier alpha value is -0.650. The Morgan fingerprint density at radius 2 is 2.32 bits per heavy atom. The summed E-state index contributed by atoms with van der Waals surface area (Å²) >= 11 is 0. The number of likely N-dealkylation sites (tertiary alicyclic amines) is 1. The summed E-state index contributed by atoms with van der Waals surface area (Å²) in [4.78, 5) is 6.91. The summed E-state index contributed by atoms with van der Waals surface area (Å²) in [5.74, 6) is 2.45. The topological polar surface area (TPSA) is 54.2 Å². The highest BCUT2D eigenvalue weighted by atomic mass is 35.5. The number of piperidine rings is 1. The van der Waals surface area contributed by atoms with Crippen LogP contribution in [0.1, 0.15) is 37.9 Å². The van der Waals surface area contributed by atoms with Gasteiger partial charge < -0.3 is 9.84 Å². The minimum atomic E-state index is 0. The fourth-order valence-corrected chi connectivity index (χ4v) is 3.14. The van der Waals surface area contributed by atoms with Crippen molar-refractivity contribution in [1.29, 1.82) is 0 Å². The van der Waals surface area contributed by atoms with Gasteiger partial charge in [-0.3, -0.25) is 4.90 Å². The van der Waals surface area contributed by atoms with Crippen molar-refractivity contribution in [2.75, 3.05) is 19.6 Å². The summed E-state index contributed by atoms with van der Waals surface area (Å²) in [5, 5.41) is 7.66. The zero-order chi connectivity index (χ0) is 12.4. The van der Waals surface area contributed by atoms with E-state index in [2.05, 4.69) is 27.3 Å². The molecule has 3 rings (SSSR count). The van der Waals surface area contributed by atoms with Gasteiger partial charge in [0.1, 0.15) is 0 Å². The summed E-state index contributed by atoms with van der Waals surface area (Å²) in [6.45, 7) is 6.48. The second-order valence-corrected chi connectivity index (χ2v) is 5.49. The maximum atomic E-state index is 5.23. The van der Waals surface area contributed by atoms with Crippen molar-refractivity contribution in [3.8, 4) is 0 Å². The zero-order valence-electron chi connectivity index (χ0n) is 11.5. The Labute approximate surface area is 120 Å². The SMILES string of the molecule is CCCc1nc(CN2CCC3NCCC3C2)no1.Cl. The van der Waals surface area contributed by atoms with E-state index in [1.807, 2.05) is 0 Å². The summed E-state index contributed by atoms with van der Waals surface area (Å²) in [6, 6.07) is 0.752. The van der Waals surface area contributed by atoms with Crippen molar-refractivity contribution in [2.24, 2.45) is 5.92 Å². The molecule has 0 bridgehead atoms. The van der Waals surface area contributed by atoms with Gasteiger partial charge in [-0.05, 0) is 31.7 Å². The molecule has 2 saturated heterocycles. The van der Waals surface area contributed by atoms with Crippen molar-refractivity contribution < 1.29 is 4.52 Å². The number of aromatic nitrogens is 2. The lowest BCUT2D eigenvalue weighted by Crippen LogP contribution is -2.44. The van der Waals surface area contributed by atoms with Gasteiger partial charge in [-0.15, -0.1) is 12.4 Å². The molecule has 2 aliphatic rings. The van der Waals surface area contributed by atoms with Crippen LogP contribution in [0.4, 0.5) is 0 Å². The molecule has 0 radical (unpaired) electrons. The lowest BCUT2D eigenvalue weighted by Gasteiger charge is -2.33. The molecule has 0 spiro atoms. The first-order chi connectivity index (χ1) is 8.85. The second-order valence-electron chi connectivity index (χ2n) is 5.49. The fourth-order valence-electron chi connectivity index (χ4n) is 3.14.